The van der Waals surface area contributed by atoms with Crippen LogP contribution < -0.4 is 10.1 Å². The third-order valence-electron chi connectivity index (χ3n) is 6.95. The predicted octanol–water partition coefficient (Wildman–Crippen LogP) is 7.53. The van der Waals surface area contributed by atoms with Crippen LogP contribution in [0.4, 0.5) is 29.6 Å². The largest absolute Gasteiger partial charge is 0.493 e. The van der Waals surface area contributed by atoms with E-state index in [-0.39, 0.29) is 12.0 Å². The number of carbonyl (C=O) groups is 1. The molecule has 0 aliphatic carbocycles. The molecule has 0 unspecified atom stereocenters. The monoisotopic (exact) mass is 595 g/mol. The molecule has 0 spiro atoms. The van der Waals surface area contributed by atoms with Crippen molar-refractivity contribution in [2.75, 3.05) is 25.0 Å². The first-order chi connectivity index (χ1) is 20.3. The Hall–Kier alpha value is -4.28. The van der Waals surface area contributed by atoms with Crippen molar-refractivity contribution in [2.24, 2.45) is 5.92 Å². The molecule has 5 rings (SSSR count). The maximum absolute atomic E-state index is 13.7. The van der Waals surface area contributed by atoms with Crippen molar-refractivity contribution in [3.63, 3.8) is 0 Å². The number of hydrogen-bond acceptors (Lipinski definition) is 6. The maximum atomic E-state index is 13.7. The van der Waals surface area contributed by atoms with E-state index in [2.05, 4.69) is 15.4 Å². The summed E-state index contributed by atoms with van der Waals surface area (Å²) < 4.78 is 53.9. The molecule has 2 aromatic heterocycles. The van der Waals surface area contributed by atoms with E-state index in [9.17, 15) is 18.0 Å². The fourth-order valence-corrected chi connectivity index (χ4v) is 4.91. The van der Waals surface area contributed by atoms with Crippen LogP contribution in [-0.2, 0) is 23.8 Å². The lowest BCUT2D eigenvalue weighted by molar-refractivity contribution is -0.137. The van der Waals surface area contributed by atoms with E-state index in [1.165, 1.54) is 10.6 Å². The zero-order valence-electron chi connectivity index (χ0n) is 25.0. The van der Waals surface area contributed by atoms with Crippen LogP contribution in [-0.4, -0.2) is 50.9 Å². The molecule has 0 radical (unpaired) electrons. The Balaban J connectivity index is 1.41. The Bertz CT molecular complexity index is 1630. The number of hydrogen-bond donors (Lipinski definition) is 1. The second-order valence-corrected chi connectivity index (χ2v) is 12.1. The quantitative estimate of drug-likeness (QED) is 0.248. The summed E-state index contributed by atoms with van der Waals surface area (Å²) >= 11 is 0. The summed E-state index contributed by atoms with van der Waals surface area (Å²) in [6, 6.07) is 12.9. The number of carbonyl (C=O) groups excluding carboxylic acids is 1. The first-order valence-corrected chi connectivity index (χ1v) is 14.3. The topological polar surface area (TPSA) is 81.0 Å². The van der Waals surface area contributed by atoms with Gasteiger partial charge in [0.2, 0.25) is 5.95 Å². The van der Waals surface area contributed by atoms with E-state index in [4.69, 9.17) is 9.47 Å². The van der Waals surface area contributed by atoms with Gasteiger partial charge in [0.1, 0.15) is 11.4 Å². The van der Waals surface area contributed by atoms with Gasteiger partial charge < -0.3 is 19.7 Å². The number of fused-ring (bicyclic) bond motifs is 2. The molecule has 0 saturated heterocycles. The molecular formula is C32H36F3N5O3. The fraction of sp³-hybridized carbons (Fsp3) is 0.406. The second kappa shape index (κ2) is 11.8. The number of nitrogens with one attached hydrogen (secondary N) is 1. The zero-order valence-corrected chi connectivity index (χ0v) is 25.0. The molecule has 228 valence electrons. The van der Waals surface area contributed by atoms with E-state index < -0.39 is 17.3 Å². The van der Waals surface area contributed by atoms with Gasteiger partial charge in [0.25, 0.3) is 0 Å². The minimum atomic E-state index is -4.51. The third kappa shape index (κ3) is 7.21. The average Bonchev–Trinajstić information content (AvgIpc) is 3.21. The van der Waals surface area contributed by atoms with Crippen LogP contribution in [0.1, 0.15) is 51.3 Å². The van der Waals surface area contributed by atoms with Crippen molar-refractivity contribution in [2.45, 2.75) is 59.2 Å². The Morgan fingerprint density at radius 1 is 1.00 bits per heavy atom. The van der Waals surface area contributed by atoms with E-state index in [0.717, 1.165) is 28.9 Å². The number of pyridine rings is 1. The summed E-state index contributed by atoms with van der Waals surface area (Å²) in [4.78, 5) is 19.0. The highest BCUT2D eigenvalue weighted by molar-refractivity contribution is 5.82. The lowest BCUT2D eigenvalue weighted by Gasteiger charge is -2.26. The molecule has 8 nitrogen and oxygen atoms in total. The van der Waals surface area contributed by atoms with Gasteiger partial charge in [-0.05, 0) is 93.1 Å². The first-order valence-electron chi connectivity index (χ1n) is 14.3. The number of amides is 1. The van der Waals surface area contributed by atoms with Crippen molar-refractivity contribution < 1.29 is 27.4 Å². The van der Waals surface area contributed by atoms with E-state index in [1.54, 1.807) is 23.2 Å². The van der Waals surface area contributed by atoms with E-state index >= 15 is 0 Å². The Morgan fingerprint density at radius 2 is 1.74 bits per heavy atom. The number of halogens is 3. The highest BCUT2D eigenvalue weighted by atomic mass is 19.4. The molecule has 0 bridgehead atoms. The molecule has 0 atom stereocenters. The van der Waals surface area contributed by atoms with Crippen LogP contribution in [0.5, 0.6) is 5.75 Å². The van der Waals surface area contributed by atoms with Gasteiger partial charge in [-0.2, -0.15) is 18.2 Å². The van der Waals surface area contributed by atoms with E-state index in [1.807, 2.05) is 52.8 Å². The van der Waals surface area contributed by atoms with Gasteiger partial charge in [0.15, 0.2) is 5.65 Å². The molecule has 0 saturated carbocycles. The van der Waals surface area contributed by atoms with Gasteiger partial charge >= 0.3 is 12.3 Å². The molecule has 1 aliphatic rings. The summed E-state index contributed by atoms with van der Waals surface area (Å²) in [6.07, 6.45) is -1.75. The smallest absolute Gasteiger partial charge is 0.416 e. The molecule has 1 aliphatic heterocycles. The maximum Gasteiger partial charge on any atom is 0.416 e. The van der Waals surface area contributed by atoms with Gasteiger partial charge in [-0.15, -0.1) is 5.10 Å². The Kier molecular flexibility index (Phi) is 8.27. The molecule has 3 heterocycles. The molecule has 11 heteroatoms. The van der Waals surface area contributed by atoms with Gasteiger partial charge in [-0.3, -0.25) is 0 Å². The summed E-state index contributed by atoms with van der Waals surface area (Å²) in [6.45, 7) is 11.0. The van der Waals surface area contributed by atoms with Crippen molar-refractivity contribution in [3.05, 3.63) is 71.4 Å². The van der Waals surface area contributed by atoms with Crippen LogP contribution in [0.3, 0.4) is 0 Å². The van der Waals surface area contributed by atoms with Crippen LogP contribution in [0.15, 0.2) is 54.7 Å². The van der Waals surface area contributed by atoms with Gasteiger partial charge in [0.05, 0.1) is 12.2 Å². The number of aromatic nitrogens is 3. The minimum absolute atomic E-state index is 0.191. The molecule has 4 aromatic rings. The molecular weight excluding hydrogens is 559 g/mol. The number of nitrogens with zero attached hydrogens (tertiary/aromatic N) is 4. The lowest BCUT2D eigenvalue weighted by atomic mass is 10.0. The van der Waals surface area contributed by atoms with Gasteiger partial charge in [-0.25, -0.2) is 9.31 Å². The summed E-state index contributed by atoms with van der Waals surface area (Å²) in [7, 11) is 0. The molecule has 0 fully saturated rings. The fourth-order valence-electron chi connectivity index (χ4n) is 4.91. The highest BCUT2D eigenvalue weighted by Crippen LogP contribution is 2.39. The summed E-state index contributed by atoms with van der Waals surface area (Å²) in [5, 5.41) is 7.77. The van der Waals surface area contributed by atoms with Crippen LogP contribution >= 0.6 is 0 Å². The van der Waals surface area contributed by atoms with Gasteiger partial charge in [0, 0.05) is 36.1 Å². The summed E-state index contributed by atoms with van der Waals surface area (Å²) in [5.74, 6) is 0.836. The lowest BCUT2D eigenvalue weighted by Crippen LogP contribution is -2.38. The molecule has 2 aromatic carbocycles. The predicted molar refractivity (Wildman–Crippen MR) is 159 cm³/mol. The number of rotatable bonds is 6. The minimum Gasteiger partial charge on any atom is -0.493 e. The molecule has 1 amide bonds. The Morgan fingerprint density at radius 3 is 2.44 bits per heavy atom. The van der Waals surface area contributed by atoms with Crippen LogP contribution in [0.25, 0.3) is 16.8 Å². The molecule has 43 heavy (non-hydrogen) atoms. The van der Waals surface area contributed by atoms with Crippen LogP contribution in [0.2, 0.25) is 0 Å². The highest BCUT2D eigenvalue weighted by Gasteiger charge is 2.32. The normalized spacial score (nSPS) is 14.0. The van der Waals surface area contributed by atoms with Crippen LogP contribution in [0, 0.1) is 5.92 Å². The second-order valence-electron chi connectivity index (χ2n) is 12.1. The number of anilines is 2. The average molecular weight is 596 g/mol. The summed E-state index contributed by atoms with van der Waals surface area (Å²) in [5.41, 5.74) is 2.85. The first kappa shape index (κ1) is 30.2. The zero-order chi connectivity index (χ0) is 30.9. The number of ether oxygens (including phenoxy) is 2. The number of benzene rings is 2. The van der Waals surface area contributed by atoms with Crippen molar-refractivity contribution in [1.82, 2.24) is 19.5 Å². The van der Waals surface area contributed by atoms with Gasteiger partial charge in [-0.1, -0.05) is 19.9 Å². The standard InChI is InChI=1S/C32H36F3N5O3/c1-20(2)19-42-27-11-9-23(32(33,34)35)18-26(27)25-7-6-14-40-28(25)37-29(38-40)36-24-10-8-21-12-15-39(16-13-22(21)17-24)30(41)43-31(3,4)5/h6-11,14,17-18,20H,12-13,15-16,19H2,1-5H3,(H,36,38). The number of alkyl halides is 3. The Labute approximate surface area is 248 Å². The van der Waals surface area contributed by atoms with Crippen molar-refractivity contribution >= 4 is 23.4 Å². The van der Waals surface area contributed by atoms with Crippen molar-refractivity contribution in [1.29, 1.82) is 0 Å². The SMILES string of the molecule is CC(C)COc1ccc(C(F)(F)F)cc1-c1cccn2nc(Nc3ccc4c(c3)CCN(C(=O)OC(C)(C)C)CC4)nc12. The molecule has 1 N–H and O–H groups in total. The van der Waals surface area contributed by atoms with Crippen molar-refractivity contribution in [3.8, 4) is 16.9 Å². The third-order valence-corrected chi connectivity index (χ3v) is 6.95. The van der Waals surface area contributed by atoms with E-state index in [0.29, 0.717) is 61.0 Å².